The second-order valence-electron chi connectivity index (χ2n) is 4.13. The van der Waals surface area contributed by atoms with Gasteiger partial charge in [0.1, 0.15) is 6.04 Å². The van der Waals surface area contributed by atoms with E-state index >= 15 is 0 Å². The van der Waals surface area contributed by atoms with Gasteiger partial charge in [0.2, 0.25) is 0 Å². The molecule has 0 bridgehead atoms. The van der Waals surface area contributed by atoms with E-state index in [4.69, 9.17) is 0 Å². The zero-order valence-corrected chi connectivity index (χ0v) is 9.62. The highest BCUT2D eigenvalue weighted by Gasteiger charge is 2.52. The highest BCUT2D eigenvalue weighted by Crippen LogP contribution is 2.31. The zero-order valence-electron chi connectivity index (χ0n) is 9.62. The molecule has 2 aliphatic rings. The van der Waals surface area contributed by atoms with Gasteiger partial charge in [-0.2, -0.15) is 5.01 Å². The van der Waals surface area contributed by atoms with Gasteiger partial charge in [0.15, 0.2) is 0 Å². The molecule has 0 aromatic heterocycles. The topological polar surface area (TPSA) is 66.7 Å². The number of benzene rings is 1. The van der Waals surface area contributed by atoms with Crippen molar-refractivity contribution < 1.29 is 19.1 Å². The molecule has 6 heteroatoms. The van der Waals surface area contributed by atoms with Crippen LogP contribution in [0.4, 0.5) is 0 Å². The average molecular weight is 246 g/mol. The molecule has 1 saturated heterocycles. The number of imide groups is 1. The van der Waals surface area contributed by atoms with Gasteiger partial charge in [-0.3, -0.25) is 14.4 Å². The van der Waals surface area contributed by atoms with Crippen LogP contribution in [0.5, 0.6) is 0 Å². The second kappa shape index (κ2) is 3.64. The summed E-state index contributed by atoms with van der Waals surface area (Å²) in [4.78, 5) is 35.4. The quantitative estimate of drug-likeness (QED) is 0.419. The number of methoxy groups -OCH3 is 1. The molecule has 3 rings (SSSR count). The Bertz CT molecular complexity index is 534. The van der Waals surface area contributed by atoms with Gasteiger partial charge in [0, 0.05) is 6.54 Å². The number of amides is 2. The van der Waals surface area contributed by atoms with Crippen molar-refractivity contribution in [3.05, 3.63) is 35.4 Å². The minimum absolute atomic E-state index is 0.331. The van der Waals surface area contributed by atoms with E-state index in [1.54, 1.807) is 24.3 Å². The summed E-state index contributed by atoms with van der Waals surface area (Å²) in [5, 5.41) is 2.43. The number of esters is 1. The Morgan fingerprint density at radius 2 is 1.78 bits per heavy atom. The van der Waals surface area contributed by atoms with Crippen molar-refractivity contribution in [3.63, 3.8) is 0 Å². The van der Waals surface area contributed by atoms with Crippen LogP contribution in [0.25, 0.3) is 0 Å². The summed E-state index contributed by atoms with van der Waals surface area (Å²) >= 11 is 0. The number of rotatable bonds is 2. The van der Waals surface area contributed by atoms with E-state index in [1.807, 2.05) is 0 Å². The molecular formula is C12H10N2O4. The van der Waals surface area contributed by atoms with Gasteiger partial charge in [0.25, 0.3) is 11.8 Å². The fraction of sp³-hybridized carbons (Fsp3) is 0.250. The highest BCUT2D eigenvalue weighted by molar-refractivity contribution is 6.21. The van der Waals surface area contributed by atoms with E-state index < -0.39 is 12.0 Å². The van der Waals surface area contributed by atoms with E-state index in [0.717, 1.165) is 5.01 Å². The molecule has 18 heavy (non-hydrogen) atoms. The van der Waals surface area contributed by atoms with E-state index in [2.05, 4.69) is 4.74 Å². The molecule has 1 fully saturated rings. The van der Waals surface area contributed by atoms with E-state index in [0.29, 0.717) is 17.7 Å². The van der Waals surface area contributed by atoms with Gasteiger partial charge in [-0.05, 0) is 12.1 Å². The lowest BCUT2D eigenvalue weighted by Gasteiger charge is -2.14. The molecule has 1 unspecified atom stereocenters. The van der Waals surface area contributed by atoms with Crippen LogP contribution >= 0.6 is 0 Å². The standard InChI is InChI=1S/C12H10N2O4/c1-18-12(17)9-6-13(9)14-10(15)7-4-2-3-5-8(7)11(14)16/h2-5,9H,6H2,1H3/t9-,13?/m0/s1. The molecule has 2 heterocycles. The fourth-order valence-corrected chi connectivity index (χ4v) is 2.09. The Morgan fingerprint density at radius 3 is 2.28 bits per heavy atom. The maximum Gasteiger partial charge on any atom is 0.326 e. The van der Waals surface area contributed by atoms with Gasteiger partial charge >= 0.3 is 5.97 Å². The molecule has 0 radical (unpaired) electrons. The monoisotopic (exact) mass is 246 g/mol. The third-order valence-corrected chi connectivity index (χ3v) is 3.09. The molecule has 2 aliphatic heterocycles. The van der Waals surface area contributed by atoms with Crippen LogP contribution < -0.4 is 0 Å². The number of hydrogen-bond donors (Lipinski definition) is 0. The van der Waals surface area contributed by atoms with Crippen molar-refractivity contribution in [1.29, 1.82) is 0 Å². The van der Waals surface area contributed by atoms with Crippen LogP contribution in [-0.2, 0) is 9.53 Å². The Labute approximate surface area is 103 Å². The lowest BCUT2D eigenvalue weighted by atomic mass is 10.1. The Balaban J connectivity index is 1.88. The number of ether oxygens (including phenoxy) is 1. The first kappa shape index (κ1) is 10.9. The molecule has 6 nitrogen and oxygen atoms in total. The van der Waals surface area contributed by atoms with Crippen LogP contribution in [0.2, 0.25) is 0 Å². The van der Waals surface area contributed by atoms with Gasteiger partial charge in [-0.25, -0.2) is 5.01 Å². The average Bonchev–Trinajstić information content (AvgIpc) is 3.13. The number of hydrazine groups is 1. The molecule has 2 amide bonds. The van der Waals surface area contributed by atoms with Crippen molar-refractivity contribution in [1.82, 2.24) is 10.0 Å². The number of hydrogen-bond acceptors (Lipinski definition) is 5. The van der Waals surface area contributed by atoms with Crippen LogP contribution in [0, 0.1) is 0 Å². The minimum Gasteiger partial charge on any atom is -0.468 e. The summed E-state index contributed by atoms with van der Waals surface area (Å²) in [5.41, 5.74) is 0.746. The van der Waals surface area contributed by atoms with Gasteiger partial charge in [-0.1, -0.05) is 12.1 Å². The molecule has 1 aromatic rings. The molecule has 1 aromatic carbocycles. The Hall–Kier alpha value is -2.21. The fourth-order valence-electron chi connectivity index (χ4n) is 2.09. The third kappa shape index (κ3) is 1.36. The van der Waals surface area contributed by atoms with Crippen LogP contribution in [0.1, 0.15) is 20.7 Å². The third-order valence-electron chi connectivity index (χ3n) is 3.09. The summed E-state index contributed by atoms with van der Waals surface area (Å²) in [7, 11) is 1.28. The summed E-state index contributed by atoms with van der Waals surface area (Å²) in [5.74, 6) is -1.21. The van der Waals surface area contributed by atoms with Gasteiger partial charge < -0.3 is 4.74 Å². The van der Waals surface area contributed by atoms with Crippen molar-refractivity contribution in [3.8, 4) is 0 Å². The van der Waals surface area contributed by atoms with Crippen molar-refractivity contribution in [2.75, 3.05) is 13.7 Å². The maximum atomic E-state index is 12.1. The molecule has 92 valence electrons. The van der Waals surface area contributed by atoms with Crippen LogP contribution in [0.3, 0.4) is 0 Å². The number of carbonyl (C=O) groups is 3. The summed E-state index contributed by atoms with van der Waals surface area (Å²) in [6.45, 7) is 0.331. The second-order valence-corrected chi connectivity index (χ2v) is 4.13. The Morgan fingerprint density at radius 1 is 1.22 bits per heavy atom. The first-order valence-corrected chi connectivity index (χ1v) is 5.47. The van der Waals surface area contributed by atoms with Gasteiger partial charge in [-0.15, -0.1) is 0 Å². The molecule has 2 atom stereocenters. The Kier molecular flexibility index (Phi) is 2.21. The van der Waals surface area contributed by atoms with Gasteiger partial charge in [0.05, 0.1) is 18.2 Å². The summed E-state index contributed by atoms with van der Waals surface area (Å²) < 4.78 is 4.58. The normalized spacial score (nSPS) is 25.1. The molecule has 0 spiro atoms. The first-order chi connectivity index (χ1) is 8.65. The molecule has 0 saturated carbocycles. The zero-order chi connectivity index (χ0) is 12.9. The first-order valence-electron chi connectivity index (χ1n) is 5.47. The lowest BCUT2D eigenvalue weighted by Crippen LogP contribution is -2.37. The highest BCUT2D eigenvalue weighted by atomic mass is 16.5. The van der Waals surface area contributed by atoms with Crippen molar-refractivity contribution in [2.24, 2.45) is 0 Å². The molecule has 0 N–H and O–H groups in total. The molecular weight excluding hydrogens is 236 g/mol. The van der Waals surface area contributed by atoms with Crippen molar-refractivity contribution in [2.45, 2.75) is 6.04 Å². The SMILES string of the molecule is COC(=O)[C@@H]1CN1N1C(=O)c2ccccc2C1=O. The summed E-state index contributed by atoms with van der Waals surface area (Å²) in [6.07, 6.45) is 0. The van der Waals surface area contributed by atoms with E-state index in [9.17, 15) is 14.4 Å². The smallest absolute Gasteiger partial charge is 0.326 e. The number of carbonyl (C=O) groups excluding carboxylic acids is 3. The predicted molar refractivity (Wildman–Crippen MR) is 59.5 cm³/mol. The van der Waals surface area contributed by atoms with E-state index in [-0.39, 0.29) is 11.8 Å². The lowest BCUT2D eigenvalue weighted by molar-refractivity contribution is -0.141. The number of nitrogens with zero attached hydrogens (tertiary/aromatic N) is 2. The van der Waals surface area contributed by atoms with Crippen LogP contribution in [-0.4, -0.2) is 47.5 Å². The predicted octanol–water partition coefficient (Wildman–Crippen LogP) is 0.0548. The maximum absolute atomic E-state index is 12.1. The van der Waals surface area contributed by atoms with Crippen LogP contribution in [0.15, 0.2) is 24.3 Å². The summed E-state index contributed by atoms with van der Waals surface area (Å²) in [6, 6.07) is 6.08. The van der Waals surface area contributed by atoms with E-state index in [1.165, 1.54) is 12.1 Å². The van der Waals surface area contributed by atoms with Crippen molar-refractivity contribution >= 4 is 17.8 Å². The minimum atomic E-state index is -0.530. The molecule has 0 aliphatic carbocycles. The number of fused-ring (bicyclic) bond motifs is 1. The largest absolute Gasteiger partial charge is 0.468 e.